The minimum atomic E-state index is -0.942. The number of amides is 2. The molecule has 0 heterocycles. The van der Waals surface area contributed by atoms with Crippen LogP contribution < -0.4 is 10.6 Å². The second-order valence-electron chi connectivity index (χ2n) is 7.20. The first-order valence-electron chi connectivity index (χ1n) is 10.1. The van der Waals surface area contributed by atoms with Crippen LogP contribution in [0, 0.1) is 0 Å². The molecule has 0 aromatic heterocycles. The zero-order valence-electron chi connectivity index (χ0n) is 16.7. The Morgan fingerprint density at radius 1 is 0.833 bits per heavy atom. The Kier molecular flexibility index (Phi) is 7.43. The van der Waals surface area contributed by atoms with E-state index in [2.05, 4.69) is 34.9 Å². The molecule has 1 aliphatic carbocycles. The number of carbonyl (C=O) groups excluding carboxylic acids is 2. The fourth-order valence-electron chi connectivity index (χ4n) is 3.65. The number of ether oxygens (including phenoxy) is 1. The van der Waals surface area contributed by atoms with Crippen LogP contribution in [0.25, 0.3) is 11.1 Å². The molecule has 7 nitrogen and oxygen atoms in total. The minimum absolute atomic E-state index is 0.0256. The number of carboxylic acids is 1. The Morgan fingerprint density at radius 3 is 2.10 bits per heavy atom. The predicted octanol–water partition coefficient (Wildman–Crippen LogP) is 3.29. The third kappa shape index (κ3) is 5.59. The summed E-state index contributed by atoms with van der Waals surface area (Å²) < 4.78 is 5.46. The number of rotatable bonds is 10. The maximum atomic E-state index is 12.1. The molecule has 0 aliphatic heterocycles. The number of hydrogen-bond acceptors (Lipinski definition) is 4. The normalized spacial score (nSPS) is 12.0. The maximum Gasteiger partial charge on any atom is 0.407 e. The molecule has 0 bridgehead atoms. The van der Waals surface area contributed by atoms with Gasteiger partial charge < -0.3 is 20.5 Å². The van der Waals surface area contributed by atoms with Crippen molar-refractivity contribution in [1.29, 1.82) is 0 Å². The number of unbranched alkanes of at least 4 members (excludes halogenated alkanes) is 1. The molecule has 0 radical (unpaired) electrons. The Balaban J connectivity index is 1.37. The quantitative estimate of drug-likeness (QED) is 0.522. The molecule has 2 aromatic rings. The van der Waals surface area contributed by atoms with Crippen molar-refractivity contribution in [3.63, 3.8) is 0 Å². The smallest absolute Gasteiger partial charge is 0.407 e. The van der Waals surface area contributed by atoms with Crippen molar-refractivity contribution in [3.05, 3.63) is 59.7 Å². The maximum absolute atomic E-state index is 12.1. The summed E-state index contributed by atoms with van der Waals surface area (Å²) in [4.78, 5) is 34.0. The van der Waals surface area contributed by atoms with Crippen molar-refractivity contribution in [2.45, 2.75) is 31.6 Å². The molecule has 0 fully saturated rings. The predicted molar refractivity (Wildman–Crippen MR) is 112 cm³/mol. The molecule has 158 valence electrons. The van der Waals surface area contributed by atoms with Gasteiger partial charge in [-0.1, -0.05) is 48.5 Å². The van der Waals surface area contributed by atoms with Crippen LogP contribution in [0.2, 0.25) is 0 Å². The molecule has 0 atom stereocenters. The summed E-state index contributed by atoms with van der Waals surface area (Å²) in [6.07, 6.45) is 0.975. The lowest BCUT2D eigenvalue weighted by atomic mass is 9.98. The second-order valence-corrected chi connectivity index (χ2v) is 7.20. The van der Waals surface area contributed by atoms with Crippen LogP contribution in [0.4, 0.5) is 4.79 Å². The molecule has 3 rings (SSSR count). The number of fused-ring (bicyclic) bond motifs is 3. The zero-order chi connectivity index (χ0) is 21.3. The Morgan fingerprint density at radius 2 is 1.47 bits per heavy atom. The average Bonchev–Trinajstić information content (AvgIpc) is 3.05. The van der Waals surface area contributed by atoms with Crippen LogP contribution in [0.1, 0.15) is 42.7 Å². The van der Waals surface area contributed by atoms with E-state index in [1.807, 2.05) is 24.3 Å². The molecule has 2 amide bonds. The fraction of sp³-hybridized carbons (Fsp3) is 0.348. The minimum Gasteiger partial charge on any atom is -0.481 e. The van der Waals surface area contributed by atoms with Crippen LogP contribution in [0.3, 0.4) is 0 Å². The zero-order valence-corrected chi connectivity index (χ0v) is 16.7. The van der Waals surface area contributed by atoms with Crippen molar-refractivity contribution in [3.8, 4) is 11.1 Å². The molecule has 0 unspecified atom stereocenters. The van der Waals surface area contributed by atoms with Crippen molar-refractivity contribution < 1.29 is 24.2 Å². The molecule has 0 saturated carbocycles. The van der Waals surface area contributed by atoms with Gasteiger partial charge in [0.15, 0.2) is 0 Å². The molecular formula is C23H26N2O5. The first kappa shape index (κ1) is 21.4. The van der Waals surface area contributed by atoms with Gasteiger partial charge >= 0.3 is 12.1 Å². The van der Waals surface area contributed by atoms with Crippen LogP contribution in [-0.2, 0) is 14.3 Å². The van der Waals surface area contributed by atoms with Crippen molar-refractivity contribution in [2.75, 3.05) is 19.7 Å². The van der Waals surface area contributed by atoms with E-state index in [1.54, 1.807) is 0 Å². The number of alkyl carbamates (subject to hydrolysis) is 1. The molecule has 2 aromatic carbocycles. The van der Waals surface area contributed by atoms with Gasteiger partial charge in [0.1, 0.15) is 6.61 Å². The first-order chi connectivity index (χ1) is 14.6. The standard InChI is InChI=1S/C23H26N2O5/c26-21(24-14-12-22(27)28)11-5-6-13-25-23(29)30-15-20-18-9-3-1-7-16(18)17-8-2-4-10-19(17)20/h1-4,7-10,20H,5-6,11-15H2,(H,24,26)(H,25,29)(H,27,28). The van der Waals surface area contributed by atoms with E-state index in [9.17, 15) is 14.4 Å². The number of nitrogens with one attached hydrogen (secondary N) is 2. The highest BCUT2D eigenvalue weighted by Gasteiger charge is 2.28. The largest absolute Gasteiger partial charge is 0.481 e. The summed E-state index contributed by atoms with van der Waals surface area (Å²) in [6, 6.07) is 16.3. The Bertz CT molecular complexity index is 866. The third-order valence-corrected chi connectivity index (χ3v) is 5.10. The number of aliphatic carboxylic acids is 1. The monoisotopic (exact) mass is 410 g/mol. The average molecular weight is 410 g/mol. The molecule has 3 N–H and O–H groups in total. The lowest BCUT2D eigenvalue weighted by Crippen LogP contribution is -2.28. The van der Waals surface area contributed by atoms with Gasteiger partial charge in [0.25, 0.3) is 0 Å². The molecule has 30 heavy (non-hydrogen) atoms. The number of benzene rings is 2. The van der Waals surface area contributed by atoms with E-state index in [4.69, 9.17) is 9.84 Å². The van der Waals surface area contributed by atoms with Gasteiger partial charge in [-0.15, -0.1) is 0 Å². The molecule has 7 heteroatoms. The van der Waals surface area contributed by atoms with E-state index in [1.165, 1.54) is 22.3 Å². The highest BCUT2D eigenvalue weighted by Crippen LogP contribution is 2.44. The molecule has 1 aliphatic rings. The van der Waals surface area contributed by atoms with Crippen molar-refractivity contribution in [2.24, 2.45) is 0 Å². The van der Waals surface area contributed by atoms with Crippen LogP contribution in [0.15, 0.2) is 48.5 Å². The summed E-state index contributed by atoms with van der Waals surface area (Å²) >= 11 is 0. The number of hydrogen-bond donors (Lipinski definition) is 3. The lowest BCUT2D eigenvalue weighted by molar-refractivity contribution is -0.136. The Labute approximate surface area is 175 Å². The Hall–Kier alpha value is -3.35. The van der Waals surface area contributed by atoms with E-state index < -0.39 is 12.1 Å². The van der Waals surface area contributed by atoms with E-state index in [-0.39, 0.29) is 31.4 Å². The summed E-state index contributed by atoms with van der Waals surface area (Å²) in [6.45, 7) is 0.817. The lowest BCUT2D eigenvalue weighted by Gasteiger charge is -2.14. The second kappa shape index (κ2) is 10.4. The SMILES string of the molecule is O=C(O)CCNC(=O)CCCCNC(=O)OCC1c2ccccc2-c2ccccc21. The molecule has 0 saturated heterocycles. The van der Waals surface area contributed by atoms with Gasteiger partial charge in [0.05, 0.1) is 6.42 Å². The third-order valence-electron chi connectivity index (χ3n) is 5.10. The van der Waals surface area contributed by atoms with Gasteiger partial charge in [0, 0.05) is 25.4 Å². The first-order valence-corrected chi connectivity index (χ1v) is 10.1. The number of carboxylic acid groups (broad SMARTS) is 1. The van der Waals surface area contributed by atoms with Gasteiger partial charge in [0.2, 0.25) is 5.91 Å². The van der Waals surface area contributed by atoms with E-state index >= 15 is 0 Å². The summed E-state index contributed by atoms with van der Waals surface area (Å²) in [7, 11) is 0. The van der Waals surface area contributed by atoms with Gasteiger partial charge in [-0.05, 0) is 35.1 Å². The van der Waals surface area contributed by atoms with Gasteiger partial charge in [-0.25, -0.2) is 4.79 Å². The molecular weight excluding hydrogens is 384 g/mol. The summed E-state index contributed by atoms with van der Waals surface area (Å²) in [5, 5.41) is 13.8. The van der Waals surface area contributed by atoms with Crippen LogP contribution >= 0.6 is 0 Å². The highest BCUT2D eigenvalue weighted by atomic mass is 16.5. The summed E-state index contributed by atoms with van der Waals surface area (Å²) in [5.41, 5.74) is 4.70. The van der Waals surface area contributed by atoms with Crippen molar-refractivity contribution in [1.82, 2.24) is 10.6 Å². The van der Waals surface area contributed by atoms with Crippen molar-refractivity contribution >= 4 is 18.0 Å². The van der Waals surface area contributed by atoms with Gasteiger partial charge in [-0.3, -0.25) is 9.59 Å². The molecule has 0 spiro atoms. The van der Waals surface area contributed by atoms with Crippen LogP contribution in [-0.4, -0.2) is 42.8 Å². The van der Waals surface area contributed by atoms with Gasteiger partial charge in [-0.2, -0.15) is 0 Å². The number of carbonyl (C=O) groups is 3. The fourth-order valence-corrected chi connectivity index (χ4v) is 3.65. The topological polar surface area (TPSA) is 105 Å². The van der Waals surface area contributed by atoms with Crippen LogP contribution in [0.5, 0.6) is 0 Å². The van der Waals surface area contributed by atoms with E-state index in [0.29, 0.717) is 25.8 Å². The van der Waals surface area contributed by atoms with E-state index in [0.717, 1.165) is 0 Å². The summed E-state index contributed by atoms with van der Waals surface area (Å²) in [5.74, 6) is -1.10. The highest BCUT2D eigenvalue weighted by molar-refractivity contribution is 5.79.